The number of ether oxygens (including phenoxy) is 1. The van der Waals surface area contributed by atoms with E-state index in [4.69, 9.17) is 20.9 Å². The molecule has 25 heavy (non-hydrogen) atoms. The van der Waals surface area contributed by atoms with Crippen LogP contribution in [0.25, 0.3) is 0 Å². The summed E-state index contributed by atoms with van der Waals surface area (Å²) in [6.07, 6.45) is 0. The van der Waals surface area contributed by atoms with Crippen LogP contribution in [0.5, 0.6) is 5.75 Å². The first kappa shape index (κ1) is 17.0. The molecule has 128 valence electrons. The summed E-state index contributed by atoms with van der Waals surface area (Å²) in [7, 11) is 0. The predicted octanol–water partition coefficient (Wildman–Crippen LogP) is 3.54. The van der Waals surface area contributed by atoms with Gasteiger partial charge in [-0.25, -0.2) is 0 Å². The van der Waals surface area contributed by atoms with Crippen molar-refractivity contribution < 1.29 is 14.1 Å². The van der Waals surface area contributed by atoms with Crippen LogP contribution in [-0.4, -0.2) is 16.0 Å². The summed E-state index contributed by atoms with van der Waals surface area (Å²) in [5, 5.41) is 7.25. The number of benzene rings is 2. The van der Waals surface area contributed by atoms with E-state index in [0.29, 0.717) is 34.6 Å². The maximum absolute atomic E-state index is 12.5. The highest BCUT2D eigenvalue weighted by Gasteiger charge is 2.13. The number of halogens is 1. The third-order valence-corrected chi connectivity index (χ3v) is 3.64. The SMILES string of the molecule is Cc1nc(COc2ccccc2C(=O)NCc2cccc(Cl)c2)no1. The second-order valence-electron chi connectivity index (χ2n) is 5.33. The molecule has 1 heterocycles. The van der Waals surface area contributed by atoms with E-state index in [1.165, 1.54) is 0 Å². The molecule has 0 aliphatic heterocycles. The van der Waals surface area contributed by atoms with Crippen molar-refractivity contribution in [3.05, 3.63) is 76.4 Å². The molecule has 3 rings (SSSR count). The molecule has 0 atom stereocenters. The van der Waals surface area contributed by atoms with E-state index in [9.17, 15) is 4.79 Å². The van der Waals surface area contributed by atoms with E-state index in [1.54, 1.807) is 37.3 Å². The van der Waals surface area contributed by atoms with E-state index in [-0.39, 0.29) is 12.5 Å². The maximum Gasteiger partial charge on any atom is 0.255 e. The second-order valence-corrected chi connectivity index (χ2v) is 5.76. The molecule has 3 aromatic rings. The van der Waals surface area contributed by atoms with Gasteiger partial charge in [-0.1, -0.05) is 41.0 Å². The highest BCUT2D eigenvalue weighted by Crippen LogP contribution is 2.19. The summed E-state index contributed by atoms with van der Waals surface area (Å²) < 4.78 is 10.6. The van der Waals surface area contributed by atoms with Crippen molar-refractivity contribution in [1.82, 2.24) is 15.5 Å². The molecule has 0 bridgehead atoms. The summed E-state index contributed by atoms with van der Waals surface area (Å²) >= 11 is 5.95. The molecule has 0 aliphatic rings. The molecule has 0 radical (unpaired) electrons. The topological polar surface area (TPSA) is 77.2 Å². The van der Waals surface area contributed by atoms with Crippen molar-refractivity contribution in [2.75, 3.05) is 0 Å². The number of nitrogens with one attached hydrogen (secondary N) is 1. The Hall–Kier alpha value is -2.86. The quantitative estimate of drug-likeness (QED) is 0.730. The van der Waals surface area contributed by atoms with E-state index >= 15 is 0 Å². The predicted molar refractivity (Wildman–Crippen MR) is 92.4 cm³/mol. The molecule has 7 heteroatoms. The van der Waals surface area contributed by atoms with Crippen LogP contribution in [0, 0.1) is 6.92 Å². The van der Waals surface area contributed by atoms with Crippen LogP contribution >= 0.6 is 11.6 Å². The van der Waals surface area contributed by atoms with Gasteiger partial charge in [0.1, 0.15) is 5.75 Å². The fourth-order valence-corrected chi connectivity index (χ4v) is 2.46. The van der Waals surface area contributed by atoms with Gasteiger partial charge in [-0.3, -0.25) is 4.79 Å². The largest absolute Gasteiger partial charge is 0.485 e. The van der Waals surface area contributed by atoms with E-state index in [1.807, 2.05) is 18.2 Å². The number of amides is 1. The number of hydrogen-bond donors (Lipinski definition) is 1. The molecule has 0 unspecified atom stereocenters. The average Bonchev–Trinajstić information content (AvgIpc) is 3.03. The minimum atomic E-state index is -0.236. The Bertz CT molecular complexity index is 879. The van der Waals surface area contributed by atoms with Crippen molar-refractivity contribution >= 4 is 17.5 Å². The Labute approximate surface area is 149 Å². The molecule has 0 saturated heterocycles. The smallest absolute Gasteiger partial charge is 0.255 e. The zero-order chi connectivity index (χ0) is 17.6. The van der Waals surface area contributed by atoms with Gasteiger partial charge in [0.2, 0.25) is 11.7 Å². The lowest BCUT2D eigenvalue weighted by atomic mass is 10.1. The van der Waals surface area contributed by atoms with Crippen molar-refractivity contribution in [2.45, 2.75) is 20.1 Å². The van der Waals surface area contributed by atoms with Crippen LogP contribution in [0.15, 0.2) is 53.1 Å². The monoisotopic (exact) mass is 357 g/mol. The van der Waals surface area contributed by atoms with Gasteiger partial charge in [-0.15, -0.1) is 0 Å². The molecule has 6 nitrogen and oxygen atoms in total. The van der Waals surface area contributed by atoms with Crippen molar-refractivity contribution in [3.63, 3.8) is 0 Å². The molecule has 1 aromatic heterocycles. The van der Waals surface area contributed by atoms with Gasteiger partial charge in [-0.2, -0.15) is 4.98 Å². The summed E-state index contributed by atoms with van der Waals surface area (Å²) in [5.41, 5.74) is 1.35. The molecule has 0 saturated carbocycles. The molecule has 1 amide bonds. The maximum atomic E-state index is 12.5. The zero-order valence-corrected chi connectivity index (χ0v) is 14.3. The van der Waals surface area contributed by atoms with Crippen LogP contribution < -0.4 is 10.1 Å². The Morgan fingerprint density at radius 1 is 1.24 bits per heavy atom. The minimum Gasteiger partial charge on any atom is -0.485 e. The van der Waals surface area contributed by atoms with Crippen LogP contribution in [0.2, 0.25) is 5.02 Å². The zero-order valence-electron chi connectivity index (χ0n) is 13.5. The molecular weight excluding hydrogens is 342 g/mol. The number of carbonyl (C=O) groups is 1. The normalized spacial score (nSPS) is 10.5. The van der Waals surface area contributed by atoms with E-state index in [0.717, 1.165) is 5.56 Å². The van der Waals surface area contributed by atoms with Crippen molar-refractivity contribution in [2.24, 2.45) is 0 Å². The van der Waals surface area contributed by atoms with Gasteiger partial charge in [0.05, 0.1) is 5.56 Å². The lowest BCUT2D eigenvalue weighted by Crippen LogP contribution is -2.23. The van der Waals surface area contributed by atoms with E-state index in [2.05, 4.69) is 15.5 Å². The summed E-state index contributed by atoms with van der Waals surface area (Å²) in [5.74, 6) is 1.10. The molecule has 2 aromatic carbocycles. The average molecular weight is 358 g/mol. The summed E-state index contributed by atoms with van der Waals surface area (Å²) in [6.45, 7) is 2.20. The molecule has 0 spiro atoms. The Balaban J connectivity index is 1.65. The van der Waals surface area contributed by atoms with E-state index < -0.39 is 0 Å². The summed E-state index contributed by atoms with van der Waals surface area (Å²) in [4.78, 5) is 16.5. The molecular formula is C18H16ClN3O3. The van der Waals surface area contributed by atoms with Crippen LogP contribution in [-0.2, 0) is 13.2 Å². The number of nitrogens with zero attached hydrogens (tertiary/aromatic N) is 2. The fraction of sp³-hybridized carbons (Fsp3) is 0.167. The highest BCUT2D eigenvalue weighted by molar-refractivity contribution is 6.30. The van der Waals surface area contributed by atoms with Crippen LogP contribution in [0.4, 0.5) is 0 Å². The fourth-order valence-electron chi connectivity index (χ4n) is 2.25. The molecule has 0 aliphatic carbocycles. The lowest BCUT2D eigenvalue weighted by Gasteiger charge is -2.11. The first-order valence-corrected chi connectivity index (χ1v) is 8.03. The standard InChI is InChI=1S/C18H16ClN3O3/c1-12-21-17(22-25-12)11-24-16-8-3-2-7-15(16)18(23)20-10-13-5-4-6-14(19)9-13/h2-9H,10-11H2,1H3,(H,20,23). The van der Waals surface area contributed by atoms with Crippen LogP contribution in [0.3, 0.4) is 0 Å². The van der Waals surface area contributed by atoms with Gasteiger partial charge in [0.25, 0.3) is 5.91 Å². The Kier molecular flexibility index (Phi) is 5.30. The number of rotatable bonds is 6. The third kappa shape index (κ3) is 4.58. The molecule has 0 fully saturated rings. The van der Waals surface area contributed by atoms with Crippen molar-refractivity contribution in [1.29, 1.82) is 0 Å². The number of aryl methyl sites for hydroxylation is 1. The van der Waals surface area contributed by atoms with Gasteiger partial charge in [0, 0.05) is 18.5 Å². The summed E-state index contributed by atoms with van der Waals surface area (Å²) in [6, 6.07) is 14.3. The number of hydrogen-bond acceptors (Lipinski definition) is 5. The number of aromatic nitrogens is 2. The Morgan fingerprint density at radius 2 is 2.08 bits per heavy atom. The minimum absolute atomic E-state index is 0.121. The third-order valence-electron chi connectivity index (χ3n) is 3.40. The lowest BCUT2D eigenvalue weighted by molar-refractivity contribution is 0.0946. The second kappa shape index (κ2) is 7.81. The number of carbonyl (C=O) groups excluding carboxylic acids is 1. The van der Waals surface area contributed by atoms with Gasteiger partial charge < -0.3 is 14.6 Å². The van der Waals surface area contributed by atoms with Crippen LogP contribution in [0.1, 0.15) is 27.6 Å². The number of para-hydroxylation sites is 1. The van der Waals surface area contributed by atoms with Crippen molar-refractivity contribution in [3.8, 4) is 5.75 Å². The van der Waals surface area contributed by atoms with Gasteiger partial charge in [-0.05, 0) is 29.8 Å². The highest BCUT2D eigenvalue weighted by atomic mass is 35.5. The first-order chi connectivity index (χ1) is 12.1. The first-order valence-electron chi connectivity index (χ1n) is 7.65. The molecule has 1 N–H and O–H groups in total. The van der Waals surface area contributed by atoms with Gasteiger partial charge in [0.15, 0.2) is 6.61 Å². The Morgan fingerprint density at radius 3 is 2.84 bits per heavy atom. The van der Waals surface area contributed by atoms with Gasteiger partial charge >= 0.3 is 0 Å².